The fourth-order valence-electron chi connectivity index (χ4n) is 2.52. The number of carboxylic acid groups (broad SMARTS) is 1. The van der Waals surface area contributed by atoms with Gasteiger partial charge in [0.05, 0.1) is 5.75 Å². The molecule has 2 rings (SSSR count). The van der Waals surface area contributed by atoms with Gasteiger partial charge in [-0.2, -0.15) is 0 Å². The third-order valence-electron chi connectivity index (χ3n) is 3.26. The van der Waals surface area contributed by atoms with Gasteiger partial charge in [0, 0.05) is 12.1 Å². The van der Waals surface area contributed by atoms with Crippen LogP contribution in [0.2, 0.25) is 0 Å². The lowest BCUT2D eigenvalue weighted by molar-refractivity contribution is -0.133. The Morgan fingerprint density at radius 2 is 1.86 bits per heavy atom. The van der Waals surface area contributed by atoms with Crippen molar-refractivity contribution in [2.24, 2.45) is 0 Å². The minimum Gasteiger partial charge on any atom is -0.481 e. The molecular formula is C15H19N3O2S. The van der Waals surface area contributed by atoms with Gasteiger partial charge in [-0.15, -0.1) is 10.2 Å². The molecule has 0 atom stereocenters. The van der Waals surface area contributed by atoms with Crippen molar-refractivity contribution in [1.29, 1.82) is 0 Å². The molecule has 0 aliphatic rings. The van der Waals surface area contributed by atoms with Gasteiger partial charge in [0.1, 0.15) is 0 Å². The Labute approximate surface area is 128 Å². The van der Waals surface area contributed by atoms with Crippen molar-refractivity contribution in [2.75, 3.05) is 5.75 Å². The number of nitrogens with zero attached hydrogens (tertiary/aromatic N) is 3. The minimum atomic E-state index is -0.852. The van der Waals surface area contributed by atoms with E-state index in [1.807, 2.05) is 11.5 Å². The predicted molar refractivity (Wildman–Crippen MR) is 83.7 cm³/mol. The lowest BCUT2D eigenvalue weighted by Crippen LogP contribution is -2.04. The number of benzene rings is 1. The molecule has 0 spiro atoms. The first-order valence-electron chi connectivity index (χ1n) is 6.80. The number of aliphatic carboxylic acids is 1. The van der Waals surface area contributed by atoms with Crippen molar-refractivity contribution >= 4 is 17.7 Å². The van der Waals surface area contributed by atoms with Crippen LogP contribution in [-0.2, 0) is 11.3 Å². The van der Waals surface area contributed by atoms with Crippen molar-refractivity contribution in [1.82, 2.24) is 14.8 Å². The third-order valence-corrected chi connectivity index (χ3v) is 4.21. The fourth-order valence-corrected chi connectivity index (χ4v) is 3.25. The zero-order valence-corrected chi connectivity index (χ0v) is 13.5. The molecule has 2 aromatic rings. The zero-order chi connectivity index (χ0) is 15.6. The molecule has 1 N–H and O–H groups in total. The Balaban J connectivity index is 2.48. The second kappa shape index (κ2) is 6.30. The molecule has 0 fully saturated rings. The van der Waals surface area contributed by atoms with E-state index in [4.69, 9.17) is 5.11 Å². The topological polar surface area (TPSA) is 68.0 Å². The molecule has 0 radical (unpaired) electrons. The largest absolute Gasteiger partial charge is 0.481 e. The molecule has 0 aliphatic carbocycles. The van der Waals surface area contributed by atoms with Gasteiger partial charge in [0.2, 0.25) is 0 Å². The van der Waals surface area contributed by atoms with Gasteiger partial charge in [0.15, 0.2) is 11.0 Å². The van der Waals surface area contributed by atoms with Crippen LogP contribution in [0, 0.1) is 20.8 Å². The standard InChI is InChI=1S/C15H19N3O2S/c1-5-18-14(16-17-15(18)21-8-12(19)20)13-10(3)6-9(2)7-11(13)4/h6-7H,5,8H2,1-4H3,(H,19,20). The smallest absolute Gasteiger partial charge is 0.313 e. The van der Waals surface area contributed by atoms with Gasteiger partial charge in [0.25, 0.3) is 0 Å². The van der Waals surface area contributed by atoms with E-state index in [-0.39, 0.29) is 5.75 Å². The number of thioether (sulfide) groups is 1. The Hall–Kier alpha value is -1.82. The van der Waals surface area contributed by atoms with Gasteiger partial charge in [-0.1, -0.05) is 29.5 Å². The Morgan fingerprint density at radius 3 is 2.38 bits per heavy atom. The van der Waals surface area contributed by atoms with Crippen LogP contribution in [0.5, 0.6) is 0 Å². The summed E-state index contributed by atoms with van der Waals surface area (Å²) < 4.78 is 1.97. The molecule has 112 valence electrons. The summed E-state index contributed by atoms with van der Waals surface area (Å²) in [6.07, 6.45) is 0. The van der Waals surface area contributed by atoms with E-state index >= 15 is 0 Å². The maximum atomic E-state index is 10.7. The maximum absolute atomic E-state index is 10.7. The lowest BCUT2D eigenvalue weighted by atomic mass is 9.99. The zero-order valence-electron chi connectivity index (χ0n) is 12.7. The molecule has 0 saturated carbocycles. The second-order valence-electron chi connectivity index (χ2n) is 5.01. The van der Waals surface area contributed by atoms with E-state index in [0.717, 1.165) is 22.5 Å². The third kappa shape index (κ3) is 3.26. The molecule has 1 heterocycles. The van der Waals surface area contributed by atoms with Gasteiger partial charge < -0.3 is 9.67 Å². The molecule has 0 amide bonds. The number of carbonyl (C=O) groups is 1. The summed E-state index contributed by atoms with van der Waals surface area (Å²) in [5, 5.41) is 17.9. The summed E-state index contributed by atoms with van der Waals surface area (Å²) in [6, 6.07) is 4.25. The van der Waals surface area contributed by atoms with E-state index in [0.29, 0.717) is 11.7 Å². The first-order chi connectivity index (χ1) is 9.93. The Kier molecular flexibility index (Phi) is 4.67. The highest BCUT2D eigenvalue weighted by Gasteiger charge is 2.17. The number of hydrogen-bond donors (Lipinski definition) is 1. The number of carboxylic acids is 1. The molecule has 1 aromatic carbocycles. The van der Waals surface area contributed by atoms with Crippen molar-refractivity contribution in [3.8, 4) is 11.4 Å². The van der Waals surface area contributed by atoms with Crippen LogP contribution in [0.25, 0.3) is 11.4 Å². The molecule has 21 heavy (non-hydrogen) atoms. The normalized spacial score (nSPS) is 10.9. The van der Waals surface area contributed by atoms with Crippen LogP contribution in [0.15, 0.2) is 17.3 Å². The maximum Gasteiger partial charge on any atom is 0.313 e. The molecule has 0 aliphatic heterocycles. The molecule has 0 saturated heterocycles. The summed E-state index contributed by atoms with van der Waals surface area (Å²) in [4.78, 5) is 10.7. The number of aromatic nitrogens is 3. The Bertz CT molecular complexity index is 657. The van der Waals surface area contributed by atoms with Crippen molar-refractivity contribution in [3.05, 3.63) is 28.8 Å². The first-order valence-corrected chi connectivity index (χ1v) is 7.78. The van der Waals surface area contributed by atoms with Gasteiger partial charge in [-0.3, -0.25) is 4.79 Å². The van der Waals surface area contributed by atoms with Crippen LogP contribution in [-0.4, -0.2) is 31.6 Å². The number of aryl methyl sites for hydroxylation is 3. The van der Waals surface area contributed by atoms with E-state index in [1.54, 1.807) is 0 Å². The number of rotatable bonds is 5. The van der Waals surface area contributed by atoms with Gasteiger partial charge in [-0.05, 0) is 38.8 Å². The van der Waals surface area contributed by atoms with Crippen molar-refractivity contribution in [2.45, 2.75) is 39.4 Å². The minimum absolute atomic E-state index is 0.00993. The van der Waals surface area contributed by atoms with Crippen LogP contribution in [0.3, 0.4) is 0 Å². The first kappa shape index (κ1) is 15.6. The summed E-state index contributed by atoms with van der Waals surface area (Å²) in [5.41, 5.74) is 4.61. The fraction of sp³-hybridized carbons (Fsp3) is 0.400. The molecule has 6 heteroatoms. The van der Waals surface area contributed by atoms with Crippen LogP contribution in [0.1, 0.15) is 23.6 Å². The molecule has 0 bridgehead atoms. The van der Waals surface area contributed by atoms with E-state index in [2.05, 4.69) is 43.1 Å². The average Bonchev–Trinajstić information content (AvgIpc) is 2.77. The molecule has 1 aromatic heterocycles. The number of hydrogen-bond acceptors (Lipinski definition) is 4. The summed E-state index contributed by atoms with van der Waals surface area (Å²) in [6.45, 7) is 8.91. The van der Waals surface area contributed by atoms with E-state index in [9.17, 15) is 4.79 Å². The SMILES string of the molecule is CCn1c(SCC(=O)O)nnc1-c1c(C)cc(C)cc1C. The second-order valence-corrected chi connectivity index (χ2v) is 5.95. The summed E-state index contributed by atoms with van der Waals surface area (Å²) in [7, 11) is 0. The van der Waals surface area contributed by atoms with Gasteiger partial charge >= 0.3 is 5.97 Å². The highest BCUT2D eigenvalue weighted by atomic mass is 32.2. The van der Waals surface area contributed by atoms with Crippen molar-refractivity contribution < 1.29 is 9.90 Å². The van der Waals surface area contributed by atoms with Crippen LogP contribution in [0.4, 0.5) is 0 Å². The Morgan fingerprint density at radius 1 is 1.24 bits per heavy atom. The highest BCUT2D eigenvalue weighted by molar-refractivity contribution is 7.99. The van der Waals surface area contributed by atoms with Crippen LogP contribution < -0.4 is 0 Å². The summed E-state index contributed by atoms with van der Waals surface area (Å²) >= 11 is 1.20. The van der Waals surface area contributed by atoms with Gasteiger partial charge in [-0.25, -0.2) is 0 Å². The molecule has 5 nitrogen and oxygen atoms in total. The predicted octanol–water partition coefficient (Wildman–Crippen LogP) is 3.07. The van der Waals surface area contributed by atoms with E-state index < -0.39 is 5.97 Å². The summed E-state index contributed by atoms with van der Waals surface area (Å²) in [5.74, 6) is -0.0560. The monoisotopic (exact) mass is 305 g/mol. The highest BCUT2D eigenvalue weighted by Crippen LogP contribution is 2.29. The average molecular weight is 305 g/mol. The molecular weight excluding hydrogens is 286 g/mol. The van der Waals surface area contributed by atoms with E-state index in [1.165, 1.54) is 17.3 Å². The quantitative estimate of drug-likeness (QED) is 0.860. The van der Waals surface area contributed by atoms with Crippen LogP contribution >= 0.6 is 11.8 Å². The lowest BCUT2D eigenvalue weighted by Gasteiger charge is -2.12. The molecule has 0 unspecified atom stereocenters. The van der Waals surface area contributed by atoms with Crippen molar-refractivity contribution in [3.63, 3.8) is 0 Å².